The van der Waals surface area contributed by atoms with Gasteiger partial charge >= 0.3 is 0 Å². The molecule has 5 aromatic rings. The van der Waals surface area contributed by atoms with E-state index in [1.165, 1.54) is 29.3 Å². The number of carbonyl (C=O) groups is 1. The van der Waals surface area contributed by atoms with Gasteiger partial charge in [-0.25, -0.2) is 9.37 Å². The van der Waals surface area contributed by atoms with E-state index in [2.05, 4.69) is 16.4 Å². The molecule has 0 bridgehead atoms. The summed E-state index contributed by atoms with van der Waals surface area (Å²) in [6.07, 6.45) is 1.41. The van der Waals surface area contributed by atoms with Gasteiger partial charge in [0.25, 0.3) is 5.91 Å². The van der Waals surface area contributed by atoms with E-state index >= 15 is 0 Å². The number of anilines is 4. The molecule has 0 aliphatic carbocycles. The zero-order chi connectivity index (χ0) is 27.1. The molecule has 0 radical (unpaired) electrons. The van der Waals surface area contributed by atoms with Gasteiger partial charge in [0.2, 0.25) is 5.95 Å². The number of imidazole rings is 1. The van der Waals surface area contributed by atoms with Gasteiger partial charge in [-0.3, -0.25) is 9.78 Å². The molecular formula is C28H23ClFN7O. The second-order valence-corrected chi connectivity index (χ2v) is 9.43. The molecular weight excluding hydrogens is 505 g/mol. The van der Waals surface area contributed by atoms with E-state index in [1.54, 1.807) is 20.2 Å². The standard InChI is InChI=1S/C28H23ClFN7O/c1-35(2)27(38)20-13-18(36(3)28-34-23-7-5-6-8-24(23)37(28)4)12-19-25(16(14-31)15-32-26(19)20)33-17-9-10-22(30)21(29)11-17/h5-13,15H,1-4H3,(H,32,33). The third-order valence-corrected chi connectivity index (χ3v) is 6.64. The number of hydrogen-bond donors (Lipinski definition) is 1. The highest BCUT2D eigenvalue weighted by Crippen LogP contribution is 2.36. The maximum atomic E-state index is 13.8. The molecule has 190 valence electrons. The van der Waals surface area contributed by atoms with Gasteiger partial charge in [-0.05, 0) is 42.5 Å². The molecule has 0 unspecified atom stereocenters. The lowest BCUT2D eigenvalue weighted by molar-refractivity contribution is 0.0829. The molecule has 0 saturated carbocycles. The third kappa shape index (κ3) is 4.25. The predicted octanol–water partition coefficient (Wildman–Crippen LogP) is 6.00. The Morgan fingerprint density at radius 3 is 2.58 bits per heavy atom. The highest BCUT2D eigenvalue weighted by atomic mass is 35.5. The van der Waals surface area contributed by atoms with Crippen LogP contribution in [0.1, 0.15) is 15.9 Å². The monoisotopic (exact) mass is 527 g/mol. The SMILES string of the molecule is CN(C)C(=O)c1cc(N(C)c2nc3ccccc3n2C)cc2c(Nc3ccc(F)c(Cl)c3)c(C#N)cnc12. The van der Waals surface area contributed by atoms with E-state index < -0.39 is 5.82 Å². The van der Waals surface area contributed by atoms with Crippen molar-refractivity contribution in [2.75, 3.05) is 31.4 Å². The minimum Gasteiger partial charge on any atom is -0.354 e. The van der Waals surface area contributed by atoms with Gasteiger partial charge < -0.3 is 19.7 Å². The summed E-state index contributed by atoms with van der Waals surface area (Å²) < 4.78 is 15.8. The minimum absolute atomic E-state index is 0.0578. The highest BCUT2D eigenvalue weighted by molar-refractivity contribution is 6.31. The molecule has 38 heavy (non-hydrogen) atoms. The maximum Gasteiger partial charge on any atom is 0.255 e. The van der Waals surface area contributed by atoms with Crippen LogP contribution in [0.2, 0.25) is 5.02 Å². The second-order valence-electron chi connectivity index (χ2n) is 9.02. The van der Waals surface area contributed by atoms with Crippen molar-refractivity contribution in [2.24, 2.45) is 7.05 Å². The van der Waals surface area contributed by atoms with Crippen LogP contribution in [0.25, 0.3) is 21.9 Å². The largest absolute Gasteiger partial charge is 0.354 e. The lowest BCUT2D eigenvalue weighted by atomic mass is 10.0. The Kier molecular flexibility index (Phi) is 6.35. The summed E-state index contributed by atoms with van der Waals surface area (Å²) in [6.45, 7) is 0. The summed E-state index contributed by atoms with van der Waals surface area (Å²) in [5, 5.41) is 13.6. The van der Waals surface area contributed by atoms with Crippen molar-refractivity contribution in [3.05, 3.63) is 82.8 Å². The van der Waals surface area contributed by atoms with Crippen LogP contribution in [0.5, 0.6) is 0 Å². The number of halogens is 2. The number of fused-ring (bicyclic) bond motifs is 2. The van der Waals surface area contributed by atoms with E-state index in [-0.39, 0.29) is 16.5 Å². The molecule has 0 aliphatic heterocycles. The first-order valence-electron chi connectivity index (χ1n) is 11.7. The number of aryl methyl sites for hydroxylation is 1. The van der Waals surface area contributed by atoms with Crippen molar-refractivity contribution in [3.63, 3.8) is 0 Å². The van der Waals surface area contributed by atoms with Gasteiger partial charge in [0.15, 0.2) is 0 Å². The van der Waals surface area contributed by atoms with Crippen LogP contribution in [0.3, 0.4) is 0 Å². The number of carbonyl (C=O) groups excluding carboxylic acids is 1. The Bertz CT molecular complexity index is 1770. The zero-order valence-electron chi connectivity index (χ0n) is 21.1. The van der Waals surface area contributed by atoms with Crippen molar-refractivity contribution in [1.82, 2.24) is 19.4 Å². The minimum atomic E-state index is -0.553. The second kappa shape index (κ2) is 9.65. The quantitative estimate of drug-likeness (QED) is 0.301. The predicted molar refractivity (Wildman–Crippen MR) is 148 cm³/mol. The number of nitriles is 1. The summed E-state index contributed by atoms with van der Waals surface area (Å²) in [6, 6.07) is 17.8. The fraction of sp³-hybridized carbons (Fsp3) is 0.143. The van der Waals surface area contributed by atoms with Gasteiger partial charge in [0, 0.05) is 51.1 Å². The molecule has 0 aliphatic rings. The normalized spacial score (nSPS) is 11.0. The van der Waals surface area contributed by atoms with E-state index in [4.69, 9.17) is 16.6 Å². The number of para-hydroxylation sites is 2. The summed E-state index contributed by atoms with van der Waals surface area (Å²) in [5.74, 6) is -0.135. The lowest BCUT2D eigenvalue weighted by Gasteiger charge is -2.22. The van der Waals surface area contributed by atoms with Gasteiger partial charge in [-0.2, -0.15) is 5.26 Å². The molecule has 10 heteroatoms. The van der Waals surface area contributed by atoms with E-state index in [9.17, 15) is 14.4 Å². The number of nitrogens with zero attached hydrogens (tertiary/aromatic N) is 6. The van der Waals surface area contributed by atoms with Crippen LogP contribution >= 0.6 is 11.6 Å². The van der Waals surface area contributed by atoms with E-state index in [0.717, 1.165) is 11.0 Å². The number of nitrogens with one attached hydrogen (secondary N) is 1. The smallest absolute Gasteiger partial charge is 0.255 e. The summed E-state index contributed by atoms with van der Waals surface area (Å²) >= 11 is 6.00. The van der Waals surface area contributed by atoms with Gasteiger partial charge in [0.05, 0.1) is 38.4 Å². The number of amides is 1. The maximum absolute atomic E-state index is 13.8. The van der Waals surface area contributed by atoms with Gasteiger partial charge in [-0.1, -0.05) is 23.7 Å². The van der Waals surface area contributed by atoms with E-state index in [1.807, 2.05) is 53.9 Å². The molecule has 2 aromatic heterocycles. The van der Waals surface area contributed by atoms with Crippen LogP contribution in [0.15, 0.2) is 60.8 Å². The Hall–Kier alpha value is -4.68. The van der Waals surface area contributed by atoms with Crippen LogP contribution in [-0.2, 0) is 7.05 Å². The molecule has 0 spiro atoms. The van der Waals surface area contributed by atoms with Crippen LogP contribution in [-0.4, -0.2) is 46.5 Å². The first-order chi connectivity index (χ1) is 18.2. The van der Waals surface area contributed by atoms with Crippen molar-refractivity contribution < 1.29 is 9.18 Å². The lowest BCUT2D eigenvalue weighted by Crippen LogP contribution is -2.23. The molecule has 1 amide bonds. The van der Waals surface area contributed by atoms with Crippen molar-refractivity contribution in [1.29, 1.82) is 5.26 Å². The fourth-order valence-corrected chi connectivity index (χ4v) is 4.55. The number of aromatic nitrogens is 3. The third-order valence-electron chi connectivity index (χ3n) is 6.35. The van der Waals surface area contributed by atoms with Gasteiger partial charge in [-0.15, -0.1) is 0 Å². The molecule has 0 atom stereocenters. The van der Waals surface area contributed by atoms with Gasteiger partial charge in [0.1, 0.15) is 11.9 Å². The zero-order valence-corrected chi connectivity index (χ0v) is 21.9. The molecule has 0 fully saturated rings. The Morgan fingerprint density at radius 2 is 1.89 bits per heavy atom. The summed E-state index contributed by atoms with van der Waals surface area (Å²) in [7, 11) is 7.12. The van der Waals surface area contributed by atoms with Crippen LogP contribution in [0, 0.1) is 17.1 Å². The summed E-state index contributed by atoms with van der Waals surface area (Å²) in [4.78, 5) is 25.9. The van der Waals surface area contributed by atoms with E-state index in [0.29, 0.717) is 39.5 Å². The topological polar surface area (TPSA) is 90.1 Å². The Balaban J connectivity index is 1.75. The average molecular weight is 528 g/mol. The van der Waals surface area contributed by atoms with Crippen LogP contribution < -0.4 is 10.2 Å². The first kappa shape index (κ1) is 25.0. The molecule has 5 rings (SSSR count). The molecule has 0 saturated heterocycles. The van der Waals surface area contributed by atoms with Crippen molar-refractivity contribution in [3.8, 4) is 6.07 Å². The highest BCUT2D eigenvalue weighted by Gasteiger charge is 2.22. The first-order valence-corrected chi connectivity index (χ1v) is 12.0. The molecule has 2 heterocycles. The number of pyridine rings is 1. The fourth-order valence-electron chi connectivity index (χ4n) is 4.37. The number of hydrogen-bond acceptors (Lipinski definition) is 6. The number of rotatable bonds is 5. The summed E-state index contributed by atoms with van der Waals surface area (Å²) in [5.41, 5.74) is 4.40. The molecule has 3 aromatic carbocycles. The van der Waals surface area contributed by atoms with Crippen molar-refractivity contribution >= 4 is 62.5 Å². The average Bonchev–Trinajstić information content (AvgIpc) is 3.25. The number of benzene rings is 3. The Labute approximate surface area is 223 Å². The Morgan fingerprint density at radius 1 is 1.13 bits per heavy atom. The molecule has 8 nitrogen and oxygen atoms in total. The van der Waals surface area contributed by atoms with Crippen molar-refractivity contribution in [2.45, 2.75) is 0 Å². The molecule has 1 N–H and O–H groups in total. The van der Waals surface area contributed by atoms with Crippen LogP contribution in [0.4, 0.5) is 27.4 Å².